The molecule has 8 nitrogen and oxygen atoms in total. The summed E-state index contributed by atoms with van der Waals surface area (Å²) in [7, 11) is 1.88. The van der Waals surface area contributed by atoms with Crippen LogP contribution in [0.4, 0.5) is 14.0 Å². The molecular formula is C26H40ClFN4O4. The number of likely N-dealkylation sites (N-methyl/N-ethyl adjacent to an activating group) is 1. The lowest BCUT2D eigenvalue weighted by atomic mass is 9.84. The van der Waals surface area contributed by atoms with Crippen molar-refractivity contribution < 1.29 is 23.8 Å². The van der Waals surface area contributed by atoms with Crippen LogP contribution >= 0.6 is 11.6 Å². The monoisotopic (exact) mass is 526 g/mol. The van der Waals surface area contributed by atoms with Crippen molar-refractivity contribution in [2.45, 2.75) is 63.3 Å². The van der Waals surface area contributed by atoms with Crippen molar-refractivity contribution in [2.24, 2.45) is 11.8 Å². The zero-order chi connectivity index (χ0) is 25.9. The van der Waals surface area contributed by atoms with Crippen LogP contribution in [0.5, 0.6) is 0 Å². The molecule has 0 bridgehead atoms. The number of ether oxygens (including phenoxy) is 1. The van der Waals surface area contributed by atoms with Crippen molar-refractivity contribution in [3.05, 3.63) is 34.9 Å². The number of carbonyl (C=O) groups is 2. The average molecular weight is 527 g/mol. The van der Waals surface area contributed by atoms with Gasteiger partial charge in [0.2, 0.25) is 0 Å². The van der Waals surface area contributed by atoms with E-state index in [1.807, 2.05) is 30.1 Å². The minimum absolute atomic E-state index is 0.00823. The molecule has 36 heavy (non-hydrogen) atoms. The number of nitrogens with zero attached hydrogens (tertiary/aromatic N) is 1. The molecule has 202 valence electrons. The highest BCUT2D eigenvalue weighted by molar-refractivity contribution is 6.30. The smallest absolute Gasteiger partial charge is 0.404 e. The number of likely N-dealkylation sites (tertiary alicyclic amines) is 1. The molecule has 1 saturated heterocycles. The van der Waals surface area contributed by atoms with Crippen LogP contribution in [0.15, 0.2) is 24.3 Å². The van der Waals surface area contributed by atoms with Gasteiger partial charge in [0.15, 0.2) is 0 Å². The minimum Gasteiger partial charge on any atom is -0.465 e. The van der Waals surface area contributed by atoms with E-state index in [1.54, 1.807) is 6.07 Å². The van der Waals surface area contributed by atoms with E-state index in [0.29, 0.717) is 43.4 Å². The molecule has 10 heteroatoms. The fraction of sp³-hybridized carbons (Fsp3) is 0.692. The molecule has 4 N–H and O–H groups in total. The Morgan fingerprint density at radius 2 is 2.03 bits per heavy atom. The van der Waals surface area contributed by atoms with Gasteiger partial charge in [-0.15, -0.1) is 0 Å². The molecule has 2 fully saturated rings. The van der Waals surface area contributed by atoms with Gasteiger partial charge in [-0.3, -0.25) is 0 Å². The van der Waals surface area contributed by atoms with Gasteiger partial charge in [0.05, 0.1) is 12.7 Å². The number of amides is 3. The highest BCUT2D eigenvalue weighted by Crippen LogP contribution is 2.34. The largest absolute Gasteiger partial charge is 0.465 e. The van der Waals surface area contributed by atoms with Crippen molar-refractivity contribution in [3.8, 4) is 0 Å². The predicted molar refractivity (Wildman–Crippen MR) is 138 cm³/mol. The van der Waals surface area contributed by atoms with Crippen LogP contribution in [0.2, 0.25) is 5.02 Å². The Morgan fingerprint density at radius 3 is 2.72 bits per heavy atom. The first-order valence-electron chi connectivity index (χ1n) is 13.0. The number of benzene rings is 1. The van der Waals surface area contributed by atoms with Gasteiger partial charge in [-0.2, -0.15) is 0 Å². The molecule has 0 spiro atoms. The molecule has 0 aromatic heterocycles. The number of carbonyl (C=O) groups excluding carboxylic acids is 1. The van der Waals surface area contributed by atoms with E-state index in [-0.39, 0.29) is 37.2 Å². The van der Waals surface area contributed by atoms with E-state index in [2.05, 4.69) is 16.0 Å². The van der Waals surface area contributed by atoms with Crippen LogP contribution in [-0.2, 0) is 4.74 Å². The lowest BCUT2D eigenvalue weighted by molar-refractivity contribution is -0.00851. The Kier molecular flexibility index (Phi) is 11.5. The summed E-state index contributed by atoms with van der Waals surface area (Å²) in [6.45, 7) is 2.28. The zero-order valence-electron chi connectivity index (χ0n) is 21.1. The molecule has 1 heterocycles. The third-order valence-electron chi connectivity index (χ3n) is 7.20. The summed E-state index contributed by atoms with van der Waals surface area (Å²) >= 11 is 6.24. The van der Waals surface area contributed by atoms with Crippen LogP contribution in [0.1, 0.15) is 56.6 Å². The second-order valence-electron chi connectivity index (χ2n) is 9.98. The van der Waals surface area contributed by atoms with Gasteiger partial charge in [-0.1, -0.05) is 23.7 Å². The number of rotatable bonds is 11. The first-order chi connectivity index (χ1) is 17.4. The number of nitrogens with one attached hydrogen (secondary N) is 3. The molecule has 0 unspecified atom stereocenters. The fourth-order valence-electron chi connectivity index (χ4n) is 5.44. The number of alkyl halides is 1. The predicted octanol–water partition coefficient (Wildman–Crippen LogP) is 4.59. The number of hydrogen-bond donors (Lipinski definition) is 4. The van der Waals surface area contributed by atoms with Gasteiger partial charge in [-0.25, -0.2) is 14.0 Å². The van der Waals surface area contributed by atoms with E-state index in [9.17, 15) is 14.0 Å². The number of hydrogen-bond acceptors (Lipinski definition) is 4. The van der Waals surface area contributed by atoms with E-state index in [0.717, 1.165) is 37.7 Å². The van der Waals surface area contributed by atoms with E-state index < -0.39 is 12.3 Å². The van der Waals surface area contributed by atoms with Crippen molar-refractivity contribution in [2.75, 3.05) is 39.8 Å². The lowest BCUT2D eigenvalue weighted by Crippen LogP contribution is -2.52. The third kappa shape index (κ3) is 9.09. The topological polar surface area (TPSA) is 103 Å². The SMILES string of the molecule is CNC[C@H](CC1CCC(F)CC1)NC(=O)N1CCC[C@@H]([C@@H](OCCNC(=O)O)c2cccc(Cl)c2)C1. The van der Waals surface area contributed by atoms with Gasteiger partial charge >= 0.3 is 12.1 Å². The van der Waals surface area contributed by atoms with E-state index >= 15 is 0 Å². The molecule has 1 aliphatic carbocycles. The van der Waals surface area contributed by atoms with Gasteiger partial charge in [0, 0.05) is 43.2 Å². The summed E-state index contributed by atoms with van der Waals surface area (Å²) in [5.41, 5.74) is 0.918. The molecule has 1 aromatic carbocycles. The summed E-state index contributed by atoms with van der Waals surface area (Å²) in [6, 6.07) is 7.40. The molecule has 3 rings (SSSR count). The van der Waals surface area contributed by atoms with Crippen molar-refractivity contribution >= 4 is 23.7 Å². The zero-order valence-corrected chi connectivity index (χ0v) is 21.8. The molecule has 2 aliphatic rings. The van der Waals surface area contributed by atoms with E-state index in [1.165, 1.54) is 0 Å². The lowest BCUT2D eigenvalue weighted by Gasteiger charge is -2.38. The normalized spacial score (nSPS) is 24.1. The van der Waals surface area contributed by atoms with Gasteiger partial charge in [-0.05, 0) is 75.6 Å². The minimum atomic E-state index is -1.09. The summed E-state index contributed by atoms with van der Waals surface area (Å²) < 4.78 is 19.7. The Balaban J connectivity index is 1.61. The van der Waals surface area contributed by atoms with Gasteiger partial charge in [0.1, 0.15) is 6.17 Å². The van der Waals surface area contributed by atoms with E-state index in [4.69, 9.17) is 21.4 Å². The standard InChI is InChI=1S/C26H40ClFN4O4/c1-29-16-23(14-18-7-9-22(28)10-8-18)31-25(33)32-12-3-5-20(17-32)24(36-13-11-30-26(34)35)19-4-2-6-21(27)15-19/h2,4,6,15,18,20,22-24,29-30H,3,5,7-14,16-17H2,1H3,(H,31,33)(H,34,35)/t18?,20-,22?,23+,24+/m1/s1. The van der Waals surface area contributed by atoms with Crippen LogP contribution in [-0.4, -0.2) is 74.2 Å². The number of piperidine rings is 1. The first-order valence-corrected chi connectivity index (χ1v) is 13.4. The molecular weight excluding hydrogens is 487 g/mol. The average Bonchev–Trinajstić information content (AvgIpc) is 2.85. The van der Waals surface area contributed by atoms with Crippen LogP contribution < -0.4 is 16.0 Å². The Hall–Kier alpha value is -2.10. The maximum atomic E-state index is 13.5. The quantitative estimate of drug-likeness (QED) is 0.316. The Morgan fingerprint density at radius 1 is 1.25 bits per heavy atom. The Bertz CT molecular complexity index is 840. The molecule has 1 aliphatic heterocycles. The number of halogens is 2. The fourth-order valence-corrected chi connectivity index (χ4v) is 5.64. The Labute approximate surface area is 218 Å². The number of urea groups is 1. The summed E-state index contributed by atoms with van der Waals surface area (Å²) in [4.78, 5) is 25.9. The summed E-state index contributed by atoms with van der Waals surface area (Å²) in [6.07, 6.45) is 3.49. The molecule has 3 atom stereocenters. The molecule has 1 saturated carbocycles. The van der Waals surface area contributed by atoms with Crippen LogP contribution in [0.25, 0.3) is 0 Å². The van der Waals surface area contributed by atoms with Crippen LogP contribution in [0.3, 0.4) is 0 Å². The van der Waals surface area contributed by atoms with Crippen molar-refractivity contribution in [1.82, 2.24) is 20.9 Å². The molecule has 0 radical (unpaired) electrons. The third-order valence-corrected chi connectivity index (χ3v) is 7.43. The molecule has 3 amide bonds. The number of carboxylic acid groups (broad SMARTS) is 1. The molecule has 1 aromatic rings. The highest BCUT2D eigenvalue weighted by atomic mass is 35.5. The van der Waals surface area contributed by atoms with Gasteiger partial charge in [0.25, 0.3) is 0 Å². The van der Waals surface area contributed by atoms with Crippen LogP contribution in [0, 0.1) is 11.8 Å². The van der Waals surface area contributed by atoms with Crippen molar-refractivity contribution in [1.29, 1.82) is 0 Å². The summed E-state index contributed by atoms with van der Waals surface area (Å²) in [5, 5.41) is 18.2. The highest BCUT2D eigenvalue weighted by Gasteiger charge is 2.32. The van der Waals surface area contributed by atoms with Crippen molar-refractivity contribution in [3.63, 3.8) is 0 Å². The maximum absolute atomic E-state index is 13.5. The van der Waals surface area contributed by atoms with Gasteiger partial charge < -0.3 is 30.7 Å². The second-order valence-corrected chi connectivity index (χ2v) is 10.4. The first kappa shape index (κ1) is 28.5. The summed E-state index contributed by atoms with van der Waals surface area (Å²) in [5.74, 6) is 0.486. The maximum Gasteiger partial charge on any atom is 0.404 e. The second kappa shape index (κ2) is 14.6.